The number of nitrogens with zero attached hydrogens (tertiary/aromatic N) is 4. The third-order valence-electron chi connectivity index (χ3n) is 2.32. The number of tetrazole rings is 1. The van der Waals surface area contributed by atoms with Crippen LogP contribution in [0, 0.1) is 18.8 Å². The third kappa shape index (κ3) is 2.52. The molecule has 0 unspecified atom stereocenters. The summed E-state index contributed by atoms with van der Waals surface area (Å²) in [4.78, 5) is 11.4. The van der Waals surface area contributed by atoms with E-state index >= 15 is 0 Å². The summed E-state index contributed by atoms with van der Waals surface area (Å²) in [5, 5.41) is 13.6. The highest BCUT2D eigenvalue weighted by Gasteiger charge is 2.05. The van der Waals surface area contributed by atoms with Crippen LogP contribution in [0.15, 0.2) is 24.5 Å². The second-order valence-electron chi connectivity index (χ2n) is 3.58. The molecule has 1 amide bonds. The normalized spacial score (nSPS) is 9.44. The van der Waals surface area contributed by atoms with Gasteiger partial charge in [0, 0.05) is 5.69 Å². The van der Waals surface area contributed by atoms with Crippen LogP contribution in [0.3, 0.4) is 0 Å². The van der Waals surface area contributed by atoms with E-state index in [1.54, 1.807) is 13.0 Å². The minimum absolute atomic E-state index is 0.338. The van der Waals surface area contributed by atoms with Gasteiger partial charge in [0.1, 0.15) is 6.33 Å². The van der Waals surface area contributed by atoms with Gasteiger partial charge in [-0.15, -0.1) is 5.10 Å². The van der Waals surface area contributed by atoms with Crippen LogP contribution < -0.4 is 5.32 Å². The van der Waals surface area contributed by atoms with E-state index in [0.29, 0.717) is 5.69 Å². The predicted molar refractivity (Wildman–Crippen MR) is 66.0 cm³/mol. The summed E-state index contributed by atoms with van der Waals surface area (Å²) >= 11 is 0. The van der Waals surface area contributed by atoms with Gasteiger partial charge in [0.05, 0.1) is 5.69 Å². The van der Waals surface area contributed by atoms with Crippen molar-refractivity contribution in [2.75, 3.05) is 5.32 Å². The molecule has 1 heterocycles. The Kier molecular flexibility index (Phi) is 3.34. The maximum atomic E-state index is 11.4. The zero-order valence-electron chi connectivity index (χ0n) is 10.0. The van der Waals surface area contributed by atoms with Gasteiger partial charge in [-0.3, -0.25) is 4.79 Å². The van der Waals surface area contributed by atoms with E-state index in [0.717, 1.165) is 11.3 Å². The zero-order chi connectivity index (χ0) is 13.0. The standard InChI is InChI=1S/C12H11N5O/c1-3-4-12(18)14-11-7-10(6-5-9(11)2)17-8-13-15-16-17/h5-8H,1-2H3,(H,14,18). The summed E-state index contributed by atoms with van der Waals surface area (Å²) in [6, 6.07) is 5.54. The van der Waals surface area contributed by atoms with Crippen LogP contribution in [-0.4, -0.2) is 26.1 Å². The lowest BCUT2D eigenvalue weighted by molar-refractivity contribution is -0.111. The van der Waals surface area contributed by atoms with Crippen molar-refractivity contribution < 1.29 is 4.79 Å². The highest BCUT2D eigenvalue weighted by Crippen LogP contribution is 2.18. The van der Waals surface area contributed by atoms with Gasteiger partial charge in [-0.05, 0) is 47.9 Å². The average molecular weight is 241 g/mol. The fourth-order valence-corrected chi connectivity index (χ4v) is 1.43. The van der Waals surface area contributed by atoms with Crippen molar-refractivity contribution in [3.05, 3.63) is 30.1 Å². The van der Waals surface area contributed by atoms with E-state index in [2.05, 4.69) is 32.7 Å². The lowest BCUT2D eigenvalue weighted by Gasteiger charge is -2.08. The van der Waals surface area contributed by atoms with E-state index in [-0.39, 0.29) is 5.91 Å². The number of hydrogen-bond donors (Lipinski definition) is 1. The molecule has 0 spiro atoms. The fourth-order valence-electron chi connectivity index (χ4n) is 1.43. The first-order valence-corrected chi connectivity index (χ1v) is 5.28. The molecule has 0 radical (unpaired) electrons. The van der Waals surface area contributed by atoms with E-state index < -0.39 is 0 Å². The molecule has 0 saturated carbocycles. The highest BCUT2D eigenvalue weighted by molar-refractivity contribution is 6.04. The number of carbonyl (C=O) groups excluding carboxylic acids is 1. The van der Waals surface area contributed by atoms with Crippen LogP contribution in [-0.2, 0) is 4.79 Å². The van der Waals surface area contributed by atoms with Crippen LogP contribution >= 0.6 is 0 Å². The van der Waals surface area contributed by atoms with Crippen molar-refractivity contribution in [2.45, 2.75) is 13.8 Å². The number of rotatable bonds is 2. The number of nitrogens with one attached hydrogen (secondary N) is 1. The quantitative estimate of drug-likeness (QED) is 0.794. The van der Waals surface area contributed by atoms with Crippen LogP contribution in [0.25, 0.3) is 5.69 Å². The molecule has 0 aliphatic heterocycles. The molecule has 1 aromatic heterocycles. The Morgan fingerprint density at radius 2 is 2.28 bits per heavy atom. The second kappa shape index (κ2) is 5.10. The molecular weight excluding hydrogens is 230 g/mol. The maximum Gasteiger partial charge on any atom is 0.300 e. The van der Waals surface area contributed by atoms with Gasteiger partial charge < -0.3 is 5.32 Å². The Balaban J connectivity index is 2.32. The van der Waals surface area contributed by atoms with Crippen molar-refractivity contribution in [3.8, 4) is 17.5 Å². The fraction of sp³-hybridized carbons (Fsp3) is 0.167. The van der Waals surface area contributed by atoms with Crippen molar-refractivity contribution in [1.82, 2.24) is 20.2 Å². The topological polar surface area (TPSA) is 72.7 Å². The van der Waals surface area contributed by atoms with Crippen LogP contribution in [0.2, 0.25) is 0 Å². The second-order valence-corrected chi connectivity index (χ2v) is 3.58. The van der Waals surface area contributed by atoms with Gasteiger partial charge in [0.15, 0.2) is 0 Å². The van der Waals surface area contributed by atoms with Crippen molar-refractivity contribution >= 4 is 11.6 Å². The van der Waals surface area contributed by atoms with E-state index in [1.165, 1.54) is 11.0 Å². The summed E-state index contributed by atoms with van der Waals surface area (Å²) in [6.07, 6.45) is 1.49. The molecular formula is C12H11N5O. The molecule has 0 aliphatic carbocycles. The van der Waals surface area contributed by atoms with Gasteiger partial charge >= 0.3 is 0 Å². The zero-order valence-corrected chi connectivity index (χ0v) is 10.0. The molecule has 90 valence electrons. The first-order valence-electron chi connectivity index (χ1n) is 5.28. The maximum absolute atomic E-state index is 11.4. The molecule has 1 N–H and O–H groups in total. The Morgan fingerprint density at radius 3 is 2.94 bits per heavy atom. The number of aromatic nitrogens is 4. The Bertz CT molecular complexity index is 622. The lowest BCUT2D eigenvalue weighted by Crippen LogP contribution is -2.10. The monoisotopic (exact) mass is 241 g/mol. The van der Waals surface area contributed by atoms with E-state index in [1.807, 2.05) is 19.1 Å². The number of benzene rings is 1. The van der Waals surface area contributed by atoms with Crippen LogP contribution in [0.1, 0.15) is 12.5 Å². The highest BCUT2D eigenvalue weighted by atomic mass is 16.1. The van der Waals surface area contributed by atoms with Crippen molar-refractivity contribution in [2.24, 2.45) is 0 Å². The number of amides is 1. The molecule has 0 bridgehead atoms. The van der Waals surface area contributed by atoms with Gasteiger partial charge in [-0.25, -0.2) is 4.68 Å². The molecule has 2 aromatic rings. The summed E-state index contributed by atoms with van der Waals surface area (Å²) in [5.74, 6) is 4.64. The molecule has 0 fully saturated rings. The predicted octanol–water partition coefficient (Wildman–Crippen LogP) is 0.933. The molecule has 2 rings (SSSR count). The summed E-state index contributed by atoms with van der Waals surface area (Å²) in [7, 11) is 0. The number of anilines is 1. The molecule has 1 aromatic carbocycles. The number of carbonyl (C=O) groups is 1. The van der Waals surface area contributed by atoms with Crippen molar-refractivity contribution in [3.63, 3.8) is 0 Å². The molecule has 6 heteroatoms. The van der Waals surface area contributed by atoms with Crippen molar-refractivity contribution in [1.29, 1.82) is 0 Å². The number of hydrogen-bond acceptors (Lipinski definition) is 4. The average Bonchev–Trinajstić information content (AvgIpc) is 2.86. The minimum Gasteiger partial charge on any atom is -0.315 e. The van der Waals surface area contributed by atoms with Crippen LogP contribution in [0.4, 0.5) is 5.69 Å². The number of aryl methyl sites for hydroxylation is 1. The largest absolute Gasteiger partial charge is 0.315 e. The molecule has 0 saturated heterocycles. The van der Waals surface area contributed by atoms with Gasteiger partial charge in [-0.2, -0.15) is 0 Å². The Labute approximate surface area is 104 Å². The van der Waals surface area contributed by atoms with Crippen LogP contribution in [0.5, 0.6) is 0 Å². The lowest BCUT2D eigenvalue weighted by atomic mass is 10.2. The first-order chi connectivity index (χ1) is 8.70. The SMILES string of the molecule is CC#CC(=O)Nc1cc(-n2cnnn2)ccc1C. The first kappa shape index (κ1) is 11.8. The summed E-state index contributed by atoms with van der Waals surface area (Å²) < 4.78 is 1.51. The molecule has 6 nitrogen and oxygen atoms in total. The molecule has 0 atom stereocenters. The van der Waals surface area contributed by atoms with E-state index in [4.69, 9.17) is 0 Å². The summed E-state index contributed by atoms with van der Waals surface area (Å²) in [6.45, 7) is 3.52. The third-order valence-corrected chi connectivity index (χ3v) is 2.32. The van der Waals surface area contributed by atoms with Gasteiger partial charge in [0.2, 0.25) is 0 Å². The van der Waals surface area contributed by atoms with Gasteiger partial charge in [0.25, 0.3) is 5.91 Å². The molecule has 18 heavy (non-hydrogen) atoms. The smallest absolute Gasteiger partial charge is 0.300 e. The Hall–Kier alpha value is -2.68. The summed E-state index contributed by atoms with van der Waals surface area (Å²) in [5.41, 5.74) is 2.40. The Morgan fingerprint density at radius 1 is 1.44 bits per heavy atom. The van der Waals surface area contributed by atoms with Gasteiger partial charge in [-0.1, -0.05) is 12.0 Å². The minimum atomic E-state index is -0.338. The molecule has 0 aliphatic rings. The van der Waals surface area contributed by atoms with E-state index in [9.17, 15) is 4.79 Å².